The number of halogens is 2. The number of nitrogens with one attached hydrogen (secondary N) is 1. The van der Waals surface area contributed by atoms with Crippen LogP contribution in [0.3, 0.4) is 0 Å². The molecule has 0 aliphatic carbocycles. The third kappa shape index (κ3) is 6.19. The Labute approximate surface area is 221 Å². The maximum atomic E-state index is 13.7. The number of benzene rings is 3. The summed E-state index contributed by atoms with van der Waals surface area (Å²) < 4.78 is 28.5. The summed E-state index contributed by atoms with van der Waals surface area (Å²) in [5, 5.41) is 3.45. The van der Waals surface area contributed by atoms with Crippen molar-refractivity contribution in [3.05, 3.63) is 94.0 Å². The van der Waals surface area contributed by atoms with Crippen molar-refractivity contribution in [1.82, 2.24) is 10.2 Å². The molecule has 1 atom stereocenters. The fourth-order valence-electron chi connectivity index (χ4n) is 3.68. The first-order valence-electron chi connectivity index (χ1n) is 11.1. The molecule has 3 rings (SSSR count). The standard InChI is InChI=1S/C26H27Cl2N3O4S/c1-18-23(28)10-7-11-24(18)31(36(34,35)22-8-5-4-6-9-22)17-25(32)30(19(2)26(33)29-3)16-20-12-14-21(27)15-13-20/h4-15,19H,16-17H2,1-3H3,(H,29,33)/t19-/m1/s1. The van der Waals surface area contributed by atoms with Crippen molar-refractivity contribution in [2.24, 2.45) is 0 Å². The average Bonchev–Trinajstić information content (AvgIpc) is 2.88. The number of carbonyl (C=O) groups is 2. The summed E-state index contributed by atoms with van der Waals surface area (Å²) in [5.41, 5.74) is 1.52. The average molecular weight is 548 g/mol. The second-order valence-electron chi connectivity index (χ2n) is 8.15. The number of anilines is 1. The Morgan fingerprint density at radius 3 is 2.19 bits per heavy atom. The van der Waals surface area contributed by atoms with Crippen molar-refractivity contribution in [3.63, 3.8) is 0 Å². The van der Waals surface area contributed by atoms with Crippen LogP contribution in [0.2, 0.25) is 10.0 Å². The SMILES string of the molecule is CNC(=O)[C@@H](C)N(Cc1ccc(Cl)cc1)C(=O)CN(c1cccc(Cl)c1C)S(=O)(=O)c1ccccc1. The summed E-state index contributed by atoms with van der Waals surface area (Å²) in [6.45, 7) is 2.83. The summed E-state index contributed by atoms with van der Waals surface area (Å²) in [5.74, 6) is -0.936. The molecule has 0 heterocycles. The van der Waals surface area contributed by atoms with Gasteiger partial charge in [0.25, 0.3) is 10.0 Å². The molecule has 1 N–H and O–H groups in total. The van der Waals surface area contributed by atoms with E-state index >= 15 is 0 Å². The van der Waals surface area contributed by atoms with Crippen molar-refractivity contribution in [2.75, 3.05) is 17.9 Å². The molecule has 0 fully saturated rings. The summed E-state index contributed by atoms with van der Waals surface area (Å²) in [6.07, 6.45) is 0. The molecule has 0 saturated carbocycles. The van der Waals surface area contributed by atoms with E-state index in [1.165, 1.54) is 24.1 Å². The van der Waals surface area contributed by atoms with Crippen LogP contribution in [0.25, 0.3) is 0 Å². The van der Waals surface area contributed by atoms with Crippen LogP contribution in [-0.4, -0.2) is 44.8 Å². The number of hydrogen-bond donors (Lipinski definition) is 1. The Morgan fingerprint density at radius 2 is 1.58 bits per heavy atom. The van der Waals surface area contributed by atoms with Crippen LogP contribution >= 0.6 is 23.2 Å². The molecule has 0 radical (unpaired) electrons. The largest absolute Gasteiger partial charge is 0.357 e. The molecule has 7 nitrogen and oxygen atoms in total. The highest BCUT2D eigenvalue weighted by molar-refractivity contribution is 7.92. The number of carbonyl (C=O) groups excluding carboxylic acids is 2. The van der Waals surface area contributed by atoms with Gasteiger partial charge in [-0.15, -0.1) is 0 Å². The molecule has 2 amide bonds. The van der Waals surface area contributed by atoms with Crippen LogP contribution in [0.15, 0.2) is 77.7 Å². The first-order chi connectivity index (χ1) is 17.1. The topological polar surface area (TPSA) is 86.8 Å². The van der Waals surface area contributed by atoms with Crippen molar-refractivity contribution in [3.8, 4) is 0 Å². The Bertz CT molecular complexity index is 1330. The van der Waals surface area contributed by atoms with Crippen LogP contribution < -0.4 is 9.62 Å². The normalized spacial score (nSPS) is 12.0. The number of hydrogen-bond acceptors (Lipinski definition) is 4. The van der Waals surface area contributed by atoms with Crippen molar-refractivity contribution in [2.45, 2.75) is 31.3 Å². The fraction of sp³-hybridized carbons (Fsp3) is 0.231. The lowest BCUT2D eigenvalue weighted by Crippen LogP contribution is -2.50. The van der Waals surface area contributed by atoms with Crippen LogP contribution in [0.4, 0.5) is 5.69 Å². The van der Waals surface area contributed by atoms with Gasteiger partial charge in [0, 0.05) is 23.6 Å². The first-order valence-corrected chi connectivity index (χ1v) is 13.3. The second-order valence-corrected chi connectivity index (χ2v) is 10.9. The van der Waals surface area contributed by atoms with Gasteiger partial charge in [0.2, 0.25) is 11.8 Å². The van der Waals surface area contributed by atoms with Gasteiger partial charge in [-0.25, -0.2) is 8.42 Å². The molecule has 3 aromatic carbocycles. The van der Waals surface area contributed by atoms with Crippen molar-refractivity contribution >= 4 is 50.7 Å². The quantitative estimate of drug-likeness (QED) is 0.422. The van der Waals surface area contributed by atoms with Gasteiger partial charge in [0.15, 0.2) is 0 Å². The maximum absolute atomic E-state index is 13.7. The first kappa shape index (κ1) is 27.5. The second kappa shape index (κ2) is 11.8. The molecule has 0 aliphatic rings. The van der Waals surface area contributed by atoms with E-state index in [0.29, 0.717) is 15.6 Å². The molecular weight excluding hydrogens is 521 g/mol. The van der Waals surface area contributed by atoms with Crippen molar-refractivity contribution in [1.29, 1.82) is 0 Å². The smallest absolute Gasteiger partial charge is 0.264 e. The predicted octanol–water partition coefficient (Wildman–Crippen LogP) is 4.66. The van der Waals surface area contributed by atoms with E-state index in [0.717, 1.165) is 9.87 Å². The van der Waals surface area contributed by atoms with Gasteiger partial charge in [-0.05, 0) is 61.4 Å². The van der Waals surface area contributed by atoms with Crippen LogP contribution in [0, 0.1) is 6.92 Å². The van der Waals surface area contributed by atoms with Gasteiger partial charge < -0.3 is 10.2 Å². The highest BCUT2D eigenvalue weighted by Crippen LogP contribution is 2.31. The molecular formula is C26H27Cl2N3O4S. The lowest BCUT2D eigenvalue weighted by molar-refractivity contribution is -0.139. The molecule has 0 unspecified atom stereocenters. The zero-order valence-corrected chi connectivity index (χ0v) is 22.4. The minimum Gasteiger partial charge on any atom is -0.357 e. The van der Waals surface area contributed by atoms with E-state index in [4.69, 9.17) is 23.2 Å². The summed E-state index contributed by atoms with van der Waals surface area (Å²) in [6, 6.07) is 18.7. The predicted molar refractivity (Wildman–Crippen MR) is 143 cm³/mol. The van der Waals surface area contributed by atoms with Gasteiger partial charge in [0.1, 0.15) is 12.6 Å². The Balaban J connectivity index is 2.06. The van der Waals surface area contributed by atoms with Gasteiger partial charge >= 0.3 is 0 Å². The molecule has 0 spiro atoms. The molecule has 36 heavy (non-hydrogen) atoms. The van der Waals surface area contributed by atoms with Crippen LogP contribution in [0.1, 0.15) is 18.1 Å². The van der Waals surface area contributed by atoms with Gasteiger partial charge in [-0.1, -0.05) is 59.6 Å². The van der Waals surface area contributed by atoms with Crippen molar-refractivity contribution < 1.29 is 18.0 Å². The number of amides is 2. The Morgan fingerprint density at radius 1 is 0.944 bits per heavy atom. The summed E-state index contributed by atoms with van der Waals surface area (Å²) in [4.78, 5) is 27.6. The molecule has 0 aromatic heterocycles. The summed E-state index contributed by atoms with van der Waals surface area (Å²) in [7, 11) is -2.67. The highest BCUT2D eigenvalue weighted by Gasteiger charge is 2.33. The van der Waals surface area contributed by atoms with E-state index in [1.807, 2.05) is 0 Å². The molecule has 190 valence electrons. The fourth-order valence-corrected chi connectivity index (χ4v) is 5.47. The number of sulfonamides is 1. The van der Waals surface area contributed by atoms with Gasteiger partial charge in [-0.2, -0.15) is 0 Å². The third-order valence-electron chi connectivity index (χ3n) is 5.80. The highest BCUT2D eigenvalue weighted by atomic mass is 35.5. The van der Waals surface area contributed by atoms with Crippen LogP contribution in [-0.2, 0) is 26.2 Å². The van der Waals surface area contributed by atoms with E-state index in [2.05, 4.69) is 5.32 Å². The molecule has 10 heteroatoms. The van der Waals surface area contributed by atoms with E-state index in [9.17, 15) is 18.0 Å². The maximum Gasteiger partial charge on any atom is 0.264 e. The Kier molecular flexibility index (Phi) is 9.00. The minimum atomic E-state index is -4.14. The number of rotatable bonds is 9. The van der Waals surface area contributed by atoms with E-state index < -0.39 is 28.5 Å². The van der Waals surface area contributed by atoms with E-state index in [-0.39, 0.29) is 23.0 Å². The Hall–Kier alpha value is -3.07. The molecule has 0 bridgehead atoms. The number of likely N-dealkylation sites (N-methyl/N-ethyl adjacent to an activating group) is 1. The monoisotopic (exact) mass is 547 g/mol. The zero-order valence-electron chi connectivity index (χ0n) is 20.1. The van der Waals surface area contributed by atoms with Gasteiger partial charge in [0.05, 0.1) is 10.6 Å². The van der Waals surface area contributed by atoms with E-state index in [1.54, 1.807) is 74.5 Å². The molecule has 3 aromatic rings. The number of nitrogens with zero attached hydrogens (tertiary/aromatic N) is 2. The van der Waals surface area contributed by atoms with Crippen LogP contribution in [0.5, 0.6) is 0 Å². The lowest BCUT2D eigenvalue weighted by Gasteiger charge is -2.32. The molecule has 0 aliphatic heterocycles. The summed E-state index contributed by atoms with van der Waals surface area (Å²) >= 11 is 12.3. The zero-order chi connectivity index (χ0) is 26.5. The third-order valence-corrected chi connectivity index (χ3v) is 8.23. The molecule has 0 saturated heterocycles. The van der Waals surface area contributed by atoms with Gasteiger partial charge in [-0.3, -0.25) is 13.9 Å². The lowest BCUT2D eigenvalue weighted by atomic mass is 10.1. The minimum absolute atomic E-state index is 0.0285.